The highest BCUT2D eigenvalue weighted by atomic mass is 16.2. The minimum atomic E-state index is 0.198. The average Bonchev–Trinajstić information content (AvgIpc) is 2.80. The summed E-state index contributed by atoms with van der Waals surface area (Å²) in [4.78, 5) is 13.7. The maximum absolute atomic E-state index is 11.7. The van der Waals surface area contributed by atoms with E-state index < -0.39 is 0 Å². The van der Waals surface area contributed by atoms with Crippen molar-refractivity contribution in [2.24, 2.45) is 0 Å². The SMILES string of the molecule is O=C(CNn1cccc1)N1CCCCC1. The summed E-state index contributed by atoms with van der Waals surface area (Å²) in [7, 11) is 0. The number of hydrogen-bond donors (Lipinski definition) is 1. The van der Waals surface area contributed by atoms with Gasteiger partial charge in [0.1, 0.15) is 6.54 Å². The van der Waals surface area contributed by atoms with Gasteiger partial charge in [0.2, 0.25) is 5.91 Å². The number of nitrogens with zero attached hydrogens (tertiary/aromatic N) is 2. The summed E-state index contributed by atoms with van der Waals surface area (Å²) in [6.45, 7) is 2.23. The molecule has 0 radical (unpaired) electrons. The Bertz CT molecular complexity index is 302. The molecule has 2 rings (SSSR count). The van der Waals surface area contributed by atoms with Crippen LogP contribution in [-0.4, -0.2) is 35.1 Å². The lowest BCUT2D eigenvalue weighted by atomic mass is 10.1. The maximum atomic E-state index is 11.7. The van der Waals surface area contributed by atoms with Gasteiger partial charge in [0.05, 0.1) is 0 Å². The molecule has 4 nitrogen and oxygen atoms in total. The van der Waals surface area contributed by atoms with Crippen LogP contribution in [0.15, 0.2) is 24.5 Å². The summed E-state index contributed by atoms with van der Waals surface area (Å²) in [5.74, 6) is 0.198. The molecular formula is C11H17N3O. The number of aromatic nitrogens is 1. The molecule has 0 atom stereocenters. The predicted octanol–water partition coefficient (Wildman–Crippen LogP) is 1.04. The molecule has 0 unspecified atom stereocenters. The van der Waals surface area contributed by atoms with Crippen LogP contribution in [0.1, 0.15) is 19.3 Å². The lowest BCUT2D eigenvalue weighted by Gasteiger charge is -2.26. The molecule has 2 heterocycles. The van der Waals surface area contributed by atoms with E-state index in [1.54, 1.807) is 0 Å². The van der Waals surface area contributed by atoms with E-state index in [0.29, 0.717) is 6.54 Å². The van der Waals surface area contributed by atoms with Crippen molar-refractivity contribution in [1.29, 1.82) is 0 Å². The zero-order chi connectivity index (χ0) is 10.5. The van der Waals surface area contributed by atoms with E-state index in [4.69, 9.17) is 0 Å². The fourth-order valence-electron chi connectivity index (χ4n) is 1.85. The third-order valence-corrected chi connectivity index (χ3v) is 2.73. The number of carbonyl (C=O) groups is 1. The fourth-order valence-corrected chi connectivity index (χ4v) is 1.85. The number of rotatable bonds is 3. The highest BCUT2D eigenvalue weighted by Crippen LogP contribution is 2.08. The van der Waals surface area contributed by atoms with Crippen molar-refractivity contribution < 1.29 is 4.79 Å². The summed E-state index contributed by atoms with van der Waals surface area (Å²) in [5, 5.41) is 0. The van der Waals surface area contributed by atoms with Crippen LogP contribution in [0.4, 0.5) is 0 Å². The van der Waals surface area contributed by atoms with Gasteiger partial charge in [0, 0.05) is 25.5 Å². The zero-order valence-corrected chi connectivity index (χ0v) is 8.85. The second-order valence-electron chi connectivity index (χ2n) is 3.87. The Labute approximate surface area is 89.8 Å². The number of hydrogen-bond acceptors (Lipinski definition) is 2. The van der Waals surface area contributed by atoms with E-state index in [2.05, 4.69) is 5.43 Å². The van der Waals surface area contributed by atoms with Crippen LogP contribution in [0.5, 0.6) is 0 Å². The van der Waals surface area contributed by atoms with Crippen molar-refractivity contribution in [1.82, 2.24) is 9.58 Å². The van der Waals surface area contributed by atoms with Gasteiger partial charge in [0.25, 0.3) is 0 Å². The zero-order valence-electron chi connectivity index (χ0n) is 8.85. The predicted molar refractivity (Wildman–Crippen MR) is 59.1 cm³/mol. The molecule has 1 fully saturated rings. The van der Waals surface area contributed by atoms with Gasteiger partial charge in [-0.2, -0.15) is 0 Å². The quantitative estimate of drug-likeness (QED) is 0.804. The van der Waals surface area contributed by atoms with Gasteiger partial charge in [0.15, 0.2) is 0 Å². The van der Waals surface area contributed by atoms with Gasteiger partial charge < -0.3 is 10.3 Å². The second kappa shape index (κ2) is 4.87. The first-order chi connectivity index (χ1) is 7.36. The van der Waals surface area contributed by atoms with E-state index >= 15 is 0 Å². The van der Waals surface area contributed by atoms with Gasteiger partial charge in [-0.05, 0) is 31.4 Å². The highest BCUT2D eigenvalue weighted by molar-refractivity contribution is 5.79. The van der Waals surface area contributed by atoms with Gasteiger partial charge in [-0.3, -0.25) is 9.47 Å². The molecule has 1 aromatic heterocycles. The molecule has 82 valence electrons. The minimum Gasteiger partial charge on any atom is -0.341 e. The van der Waals surface area contributed by atoms with Crippen LogP contribution < -0.4 is 5.43 Å². The molecule has 1 aliphatic heterocycles. The van der Waals surface area contributed by atoms with E-state index in [1.807, 2.05) is 34.1 Å². The molecule has 0 aromatic carbocycles. The van der Waals surface area contributed by atoms with Crippen molar-refractivity contribution >= 4 is 5.91 Å². The minimum absolute atomic E-state index is 0.198. The van der Waals surface area contributed by atoms with Crippen LogP contribution in [-0.2, 0) is 4.79 Å². The Kier molecular flexibility index (Phi) is 3.27. The molecule has 1 saturated heterocycles. The highest BCUT2D eigenvalue weighted by Gasteiger charge is 2.15. The largest absolute Gasteiger partial charge is 0.341 e. The van der Waals surface area contributed by atoms with E-state index in [-0.39, 0.29) is 5.91 Å². The van der Waals surface area contributed by atoms with Gasteiger partial charge in [-0.25, -0.2) is 0 Å². The number of carbonyl (C=O) groups excluding carboxylic acids is 1. The van der Waals surface area contributed by atoms with E-state index in [0.717, 1.165) is 25.9 Å². The third kappa shape index (κ3) is 2.75. The Morgan fingerprint density at radius 3 is 2.47 bits per heavy atom. The van der Waals surface area contributed by atoms with Crippen LogP contribution in [0.2, 0.25) is 0 Å². The normalized spacial score (nSPS) is 16.4. The molecule has 1 amide bonds. The molecular weight excluding hydrogens is 190 g/mol. The summed E-state index contributed by atoms with van der Waals surface area (Å²) >= 11 is 0. The van der Waals surface area contributed by atoms with Crippen molar-refractivity contribution in [2.45, 2.75) is 19.3 Å². The third-order valence-electron chi connectivity index (χ3n) is 2.73. The van der Waals surface area contributed by atoms with Crippen molar-refractivity contribution in [2.75, 3.05) is 25.1 Å². The van der Waals surface area contributed by atoms with Crippen LogP contribution in [0.3, 0.4) is 0 Å². The first-order valence-electron chi connectivity index (χ1n) is 5.51. The number of nitrogens with one attached hydrogen (secondary N) is 1. The van der Waals surface area contributed by atoms with Crippen LogP contribution >= 0.6 is 0 Å². The van der Waals surface area contributed by atoms with Gasteiger partial charge >= 0.3 is 0 Å². The van der Waals surface area contributed by atoms with Crippen LogP contribution in [0.25, 0.3) is 0 Å². The molecule has 1 aromatic rings. The Morgan fingerprint density at radius 1 is 1.13 bits per heavy atom. The monoisotopic (exact) mass is 207 g/mol. The average molecular weight is 207 g/mol. The molecule has 1 N–H and O–H groups in total. The Balaban J connectivity index is 1.76. The lowest BCUT2D eigenvalue weighted by molar-refractivity contribution is -0.130. The molecule has 0 aliphatic carbocycles. The molecule has 1 aliphatic rings. The smallest absolute Gasteiger partial charge is 0.243 e. The number of piperidine rings is 1. The van der Waals surface area contributed by atoms with E-state index in [1.165, 1.54) is 6.42 Å². The first kappa shape index (κ1) is 10.1. The molecule has 0 bridgehead atoms. The lowest BCUT2D eigenvalue weighted by Crippen LogP contribution is -2.40. The fraction of sp³-hybridized carbons (Fsp3) is 0.545. The maximum Gasteiger partial charge on any atom is 0.243 e. The molecule has 4 heteroatoms. The summed E-state index contributed by atoms with van der Waals surface area (Å²) in [6.07, 6.45) is 7.34. The van der Waals surface area contributed by atoms with E-state index in [9.17, 15) is 4.79 Å². The summed E-state index contributed by atoms with van der Waals surface area (Å²) in [5.41, 5.74) is 3.05. The summed E-state index contributed by atoms with van der Waals surface area (Å²) in [6, 6.07) is 3.86. The van der Waals surface area contributed by atoms with Crippen molar-refractivity contribution in [3.63, 3.8) is 0 Å². The number of amides is 1. The summed E-state index contributed by atoms with van der Waals surface area (Å²) < 4.78 is 1.81. The second-order valence-corrected chi connectivity index (χ2v) is 3.87. The van der Waals surface area contributed by atoms with Gasteiger partial charge in [-0.15, -0.1) is 0 Å². The number of likely N-dealkylation sites (tertiary alicyclic amines) is 1. The first-order valence-corrected chi connectivity index (χ1v) is 5.51. The van der Waals surface area contributed by atoms with Crippen LogP contribution in [0, 0.1) is 0 Å². The van der Waals surface area contributed by atoms with Crippen molar-refractivity contribution in [3.8, 4) is 0 Å². The Morgan fingerprint density at radius 2 is 1.80 bits per heavy atom. The van der Waals surface area contributed by atoms with Crippen molar-refractivity contribution in [3.05, 3.63) is 24.5 Å². The molecule has 15 heavy (non-hydrogen) atoms. The molecule has 0 spiro atoms. The standard InChI is InChI=1S/C11H17N3O/c15-11(13-6-2-1-3-7-13)10-12-14-8-4-5-9-14/h4-5,8-9,12H,1-3,6-7,10H2. The topological polar surface area (TPSA) is 37.3 Å². The Hall–Kier alpha value is -1.45. The molecule has 0 saturated carbocycles. The van der Waals surface area contributed by atoms with Gasteiger partial charge in [-0.1, -0.05) is 0 Å².